The van der Waals surface area contributed by atoms with Gasteiger partial charge in [-0.05, 0) is 12.1 Å². The van der Waals surface area contributed by atoms with Gasteiger partial charge in [-0.25, -0.2) is 22.4 Å². The highest BCUT2D eigenvalue weighted by Crippen LogP contribution is 2.30. The number of rotatable bonds is 3. The third kappa shape index (κ3) is 3.41. The molecule has 28 heavy (non-hydrogen) atoms. The zero-order valence-corrected chi connectivity index (χ0v) is 14.6. The number of fused-ring (bicyclic) bond motifs is 1. The minimum absolute atomic E-state index is 0.260. The van der Waals surface area contributed by atoms with Gasteiger partial charge in [-0.2, -0.15) is 18.4 Å². The highest BCUT2D eigenvalue weighted by molar-refractivity contribution is 7.92. The van der Waals surface area contributed by atoms with Crippen molar-refractivity contribution >= 4 is 21.5 Å². The summed E-state index contributed by atoms with van der Waals surface area (Å²) in [5.41, 5.74) is -3.88. The van der Waals surface area contributed by atoms with Crippen LogP contribution in [0.3, 0.4) is 0 Å². The summed E-state index contributed by atoms with van der Waals surface area (Å²) < 4.78 is 80.0. The molecule has 0 saturated heterocycles. The number of benzene rings is 1. The molecule has 0 saturated carbocycles. The van der Waals surface area contributed by atoms with Crippen LogP contribution in [0.2, 0.25) is 0 Å². The Kier molecular flexibility index (Phi) is 4.39. The lowest BCUT2D eigenvalue weighted by Gasteiger charge is -2.15. The maximum Gasteiger partial charge on any atom is 0.432 e. The average molecular weight is 415 g/mol. The van der Waals surface area contributed by atoms with E-state index < -0.39 is 44.7 Å². The van der Waals surface area contributed by atoms with Crippen LogP contribution in [-0.4, -0.2) is 28.6 Å². The number of aromatic nitrogens is 3. The first kappa shape index (κ1) is 19.4. The zero-order chi connectivity index (χ0) is 20.9. The number of hydrogen-bond donors (Lipinski definition) is 1. The predicted molar refractivity (Wildman–Crippen MR) is 88.9 cm³/mol. The van der Waals surface area contributed by atoms with Crippen LogP contribution < -0.4 is 10.3 Å². The van der Waals surface area contributed by atoms with Crippen LogP contribution in [0.25, 0.3) is 11.5 Å². The van der Waals surface area contributed by atoms with E-state index in [-0.39, 0.29) is 17.3 Å². The zero-order valence-electron chi connectivity index (χ0n) is 13.8. The molecular formula is C15H9F4N5O3S. The van der Waals surface area contributed by atoms with E-state index in [1.54, 1.807) is 6.07 Å². The molecule has 0 unspecified atom stereocenters. The first-order chi connectivity index (χ1) is 12.9. The van der Waals surface area contributed by atoms with Crippen LogP contribution in [0.4, 0.5) is 23.2 Å². The molecule has 3 rings (SSSR count). The molecule has 0 fully saturated rings. The normalized spacial score (nSPS) is 12.1. The highest BCUT2D eigenvalue weighted by atomic mass is 32.2. The molecule has 8 nitrogen and oxygen atoms in total. The fourth-order valence-corrected chi connectivity index (χ4v) is 3.12. The third-order valence-electron chi connectivity index (χ3n) is 3.60. The molecule has 0 atom stereocenters. The summed E-state index contributed by atoms with van der Waals surface area (Å²) in [6, 6.07) is 3.34. The third-order valence-corrected chi connectivity index (χ3v) is 4.19. The van der Waals surface area contributed by atoms with Crippen molar-refractivity contribution in [2.45, 2.75) is 6.18 Å². The van der Waals surface area contributed by atoms with Gasteiger partial charge in [0.1, 0.15) is 17.6 Å². The van der Waals surface area contributed by atoms with Gasteiger partial charge in [-0.1, -0.05) is 0 Å². The molecule has 2 heterocycles. The minimum atomic E-state index is -4.87. The van der Waals surface area contributed by atoms with E-state index in [9.17, 15) is 30.8 Å². The number of alkyl halides is 3. The molecule has 0 spiro atoms. The fourth-order valence-electron chi connectivity index (χ4n) is 2.55. The lowest BCUT2D eigenvalue weighted by atomic mass is 10.1. The molecule has 0 bridgehead atoms. The lowest BCUT2D eigenvalue weighted by molar-refractivity contribution is -0.142. The van der Waals surface area contributed by atoms with E-state index >= 15 is 0 Å². The number of anilines is 1. The van der Waals surface area contributed by atoms with Gasteiger partial charge in [0.15, 0.2) is 0 Å². The van der Waals surface area contributed by atoms with Gasteiger partial charge in [0.25, 0.3) is 5.56 Å². The molecule has 0 aliphatic heterocycles. The maximum absolute atomic E-state index is 14.5. The second-order valence-electron chi connectivity index (χ2n) is 5.63. The van der Waals surface area contributed by atoms with E-state index in [2.05, 4.69) is 4.98 Å². The molecule has 2 aromatic heterocycles. The number of hydrogen-bond acceptors (Lipinski definition) is 5. The standard InChI is InChI=1S/C15H9F4N5O3S/c1-28(26,27)22-10-5-11(9(16)4-8(10)7-20)24-13(25)6-12(15(17,18)19)23-3-2-21-14(23)24/h2-6,22H,1H3. The van der Waals surface area contributed by atoms with Crippen LogP contribution in [0.1, 0.15) is 11.3 Å². The van der Waals surface area contributed by atoms with Crippen LogP contribution >= 0.6 is 0 Å². The van der Waals surface area contributed by atoms with Crippen LogP contribution in [0.15, 0.2) is 35.4 Å². The highest BCUT2D eigenvalue weighted by Gasteiger charge is 2.35. The van der Waals surface area contributed by atoms with Crippen molar-refractivity contribution in [3.8, 4) is 11.8 Å². The summed E-state index contributed by atoms with van der Waals surface area (Å²) in [5.74, 6) is -1.68. The first-order valence-corrected chi connectivity index (χ1v) is 9.19. The Labute approximate surface area is 154 Å². The first-order valence-electron chi connectivity index (χ1n) is 7.30. The Morgan fingerprint density at radius 2 is 1.93 bits per heavy atom. The average Bonchev–Trinajstić information content (AvgIpc) is 3.02. The Hall–Kier alpha value is -3.40. The van der Waals surface area contributed by atoms with E-state index in [0.717, 1.165) is 24.7 Å². The van der Waals surface area contributed by atoms with E-state index in [1.165, 1.54) is 0 Å². The van der Waals surface area contributed by atoms with Gasteiger partial charge >= 0.3 is 6.18 Å². The van der Waals surface area contributed by atoms with Crippen LogP contribution in [0.5, 0.6) is 0 Å². The van der Waals surface area contributed by atoms with E-state index in [1.807, 2.05) is 4.72 Å². The Morgan fingerprint density at radius 3 is 2.50 bits per heavy atom. The van der Waals surface area contributed by atoms with Gasteiger partial charge in [-0.15, -0.1) is 0 Å². The molecule has 0 amide bonds. The summed E-state index contributed by atoms with van der Waals surface area (Å²) in [5, 5.41) is 9.06. The second-order valence-corrected chi connectivity index (χ2v) is 7.38. The van der Waals surface area contributed by atoms with Gasteiger partial charge in [0.2, 0.25) is 15.8 Å². The topological polar surface area (TPSA) is 109 Å². The van der Waals surface area contributed by atoms with Gasteiger partial charge in [0.05, 0.1) is 23.2 Å². The van der Waals surface area contributed by atoms with Gasteiger partial charge in [0, 0.05) is 18.5 Å². The SMILES string of the molecule is CS(=O)(=O)Nc1cc(-n2c(=O)cc(C(F)(F)F)n3ccnc23)c(F)cc1C#N. The fraction of sp³-hybridized carbons (Fsp3) is 0.133. The molecule has 13 heteroatoms. The summed E-state index contributed by atoms with van der Waals surface area (Å²) >= 11 is 0. The van der Waals surface area contributed by atoms with Crippen LogP contribution in [-0.2, 0) is 16.2 Å². The van der Waals surface area contributed by atoms with Crippen molar-refractivity contribution in [3.05, 3.63) is 58.0 Å². The van der Waals surface area contributed by atoms with Crippen molar-refractivity contribution < 1.29 is 26.0 Å². The number of nitriles is 1. The largest absolute Gasteiger partial charge is 0.432 e. The van der Waals surface area contributed by atoms with Crippen molar-refractivity contribution in [2.75, 3.05) is 11.0 Å². The van der Waals surface area contributed by atoms with E-state index in [0.29, 0.717) is 15.0 Å². The number of nitrogens with one attached hydrogen (secondary N) is 1. The molecule has 0 aliphatic rings. The lowest BCUT2D eigenvalue weighted by Crippen LogP contribution is -2.26. The summed E-state index contributed by atoms with van der Waals surface area (Å²) in [7, 11) is -3.87. The Balaban J connectivity index is 2.37. The number of imidazole rings is 1. The Morgan fingerprint density at radius 1 is 1.25 bits per heavy atom. The van der Waals surface area contributed by atoms with Crippen molar-refractivity contribution in [3.63, 3.8) is 0 Å². The number of nitrogens with zero attached hydrogens (tertiary/aromatic N) is 4. The summed E-state index contributed by atoms with van der Waals surface area (Å²) in [4.78, 5) is 16.0. The van der Waals surface area contributed by atoms with Crippen molar-refractivity contribution in [1.29, 1.82) is 5.26 Å². The molecule has 3 aromatic rings. The number of sulfonamides is 1. The smallest absolute Gasteiger partial charge is 0.282 e. The maximum atomic E-state index is 14.5. The predicted octanol–water partition coefficient (Wildman–Crippen LogP) is 1.89. The minimum Gasteiger partial charge on any atom is -0.282 e. The summed E-state index contributed by atoms with van der Waals surface area (Å²) in [6.07, 6.45) is -2.17. The number of halogens is 4. The van der Waals surface area contributed by atoms with Crippen molar-refractivity contribution in [2.24, 2.45) is 0 Å². The molecule has 1 aromatic carbocycles. The molecule has 1 N–H and O–H groups in total. The van der Waals surface area contributed by atoms with Gasteiger partial charge < -0.3 is 0 Å². The van der Waals surface area contributed by atoms with Gasteiger partial charge in [-0.3, -0.25) is 13.9 Å². The second kappa shape index (κ2) is 6.34. The molecule has 0 radical (unpaired) electrons. The molecular weight excluding hydrogens is 406 g/mol. The Bertz CT molecular complexity index is 1300. The monoisotopic (exact) mass is 415 g/mol. The van der Waals surface area contributed by atoms with Crippen LogP contribution in [0, 0.1) is 17.1 Å². The summed E-state index contributed by atoms with van der Waals surface area (Å²) in [6.45, 7) is 0. The molecule has 146 valence electrons. The quantitative estimate of drug-likeness (QED) is 0.657. The van der Waals surface area contributed by atoms with E-state index in [4.69, 9.17) is 5.26 Å². The molecule has 0 aliphatic carbocycles. The van der Waals surface area contributed by atoms with Crippen molar-refractivity contribution in [1.82, 2.24) is 14.0 Å².